The van der Waals surface area contributed by atoms with Crippen LogP contribution >= 0.6 is 0 Å². The molecule has 1 heterocycles. The van der Waals surface area contributed by atoms with Gasteiger partial charge in [0.15, 0.2) is 0 Å². The molecular formula is C46H29NO. The van der Waals surface area contributed by atoms with Crippen LogP contribution in [0.25, 0.3) is 76.2 Å². The minimum absolute atomic E-state index is 0.881. The molecule has 0 aliphatic carbocycles. The summed E-state index contributed by atoms with van der Waals surface area (Å²) in [7, 11) is 0. The van der Waals surface area contributed by atoms with Crippen molar-refractivity contribution >= 4 is 82.1 Å². The monoisotopic (exact) mass is 611 g/mol. The number of hydrogen-bond acceptors (Lipinski definition) is 2. The summed E-state index contributed by atoms with van der Waals surface area (Å²) in [6.45, 7) is 0. The van der Waals surface area contributed by atoms with Gasteiger partial charge in [-0.3, -0.25) is 0 Å². The van der Waals surface area contributed by atoms with Gasteiger partial charge >= 0.3 is 0 Å². The van der Waals surface area contributed by atoms with Gasteiger partial charge in [-0.1, -0.05) is 121 Å². The summed E-state index contributed by atoms with van der Waals surface area (Å²) in [5.41, 5.74) is 7.47. The molecule has 0 spiro atoms. The lowest BCUT2D eigenvalue weighted by Gasteiger charge is -2.25. The van der Waals surface area contributed by atoms with Crippen LogP contribution in [-0.4, -0.2) is 0 Å². The number of hydrogen-bond donors (Lipinski definition) is 0. The molecule has 0 aliphatic rings. The zero-order valence-electron chi connectivity index (χ0n) is 26.1. The third-order valence-corrected chi connectivity index (χ3v) is 9.80. The summed E-state index contributed by atoms with van der Waals surface area (Å²) in [6, 6.07) is 63.2. The standard InChI is InChI=1S/C46H29NO/c1-2-12-34(13-3-1)47(36-25-27-40-42-26-22-31-11-5-7-15-38(31)46(42)48-44(40)29-36)35-23-20-32(21-24-35)43-28-33-19-18-30-10-4-6-14-37(30)45(33)41-17-9-8-16-39(41)43/h1-29H. The number of furan rings is 1. The highest BCUT2D eigenvalue weighted by atomic mass is 16.3. The summed E-state index contributed by atoms with van der Waals surface area (Å²) in [4.78, 5) is 2.30. The van der Waals surface area contributed by atoms with E-state index >= 15 is 0 Å². The number of para-hydroxylation sites is 1. The fourth-order valence-corrected chi connectivity index (χ4v) is 7.56. The first kappa shape index (κ1) is 26.8. The van der Waals surface area contributed by atoms with Crippen LogP contribution < -0.4 is 4.90 Å². The van der Waals surface area contributed by atoms with Crippen molar-refractivity contribution in [1.29, 1.82) is 0 Å². The van der Waals surface area contributed by atoms with Crippen LogP contribution in [0.1, 0.15) is 0 Å². The van der Waals surface area contributed by atoms with Crippen molar-refractivity contribution in [1.82, 2.24) is 0 Å². The molecule has 1 aromatic heterocycles. The first-order valence-corrected chi connectivity index (χ1v) is 16.4. The number of rotatable bonds is 4. The summed E-state index contributed by atoms with van der Waals surface area (Å²) in [5.74, 6) is 0. The summed E-state index contributed by atoms with van der Waals surface area (Å²) >= 11 is 0. The Kier molecular flexibility index (Phi) is 5.91. The van der Waals surface area contributed by atoms with Gasteiger partial charge in [0.2, 0.25) is 0 Å². The maximum atomic E-state index is 6.58. The summed E-state index contributed by atoms with van der Waals surface area (Å²) in [5, 5.41) is 12.3. The second kappa shape index (κ2) is 10.6. The molecule has 0 fully saturated rings. The van der Waals surface area contributed by atoms with E-state index in [2.05, 4.69) is 181 Å². The van der Waals surface area contributed by atoms with Crippen LogP contribution in [0.2, 0.25) is 0 Å². The lowest BCUT2D eigenvalue weighted by atomic mass is 9.91. The minimum atomic E-state index is 0.881. The lowest BCUT2D eigenvalue weighted by Crippen LogP contribution is -2.09. The molecule has 2 heteroatoms. The van der Waals surface area contributed by atoms with Gasteiger partial charge in [0.25, 0.3) is 0 Å². The molecule has 9 aromatic carbocycles. The lowest BCUT2D eigenvalue weighted by molar-refractivity contribution is 0.672. The van der Waals surface area contributed by atoms with Crippen molar-refractivity contribution in [2.75, 3.05) is 4.90 Å². The molecule has 0 amide bonds. The Morgan fingerprint density at radius 1 is 0.354 bits per heavy atom. The average Bonchev–Trinajstić information content (AvgIpc) is 3.54. The van der Waals surface area contributed by atoms with E-state index in [-0.39, 0.29) is 0 Å². The quantitative estimate of drug-likeness (QED) is 0.184. The Balaban J connectivity index is 1.12. The van der Waals surface area contributed by atoms with Gasteiger partial charge in [-0.15, -0.1) is 0 Å². The van der Waals surface area contributed by atoms with E-state index in [0.717, 1.165) is 44.4 Å². The van der Waals surface area contributed by atoms with Crippen molar-refractivity contribution in [2.45, 2.75) is 0 Å². The maximum Gasteiger partial charge on any atom is 0.143 e. The first-order chi connectivity index (χ1) is 23.8. The molecule has 10 aromatic rings. The smallest absolute Gasteiger partial charge is 0.143 e. The fraction of sp³-hybridized carbons (Fsp3) is 0. The van der Waals surface area contributed by atoms with Crippen molar-refractivity contribution in [3.05, 3.63) is 176 Å². The largest absolute Gasteiger partial charge is 0.455 e. The minimum Gasteiger partial charge on any atom is -0.455 e. The number of anilines is 3. The first-order valence-electron chi connectivity index (χ1n) is 16.4. The molecule has 10 rings (SSSR count). The molecule has 0 unspecified atom stereocenters. The molecule has 2 nitrogen and oxygen atoms in total. The van der Waals surface area contributed by atoms with Gasteiger partial charge in [-0.05, 0) is 97.4 Å². The zero-order chi connectivity index (χ0) is 31.6. The number of benzene rings is 9. The third kappa shape index (κ3) is 4.13. The van der Waals surface area contributed by atoms with Gasteiger partial charge < -0.3 is 9.32 Å². The van der Waals surface area contributed by atoms with E-state index in [1.54, 1.807) is 0 Å². The predicted octanol–water partition coefficient (Wildman–Crippen LogP) is 13.3. The van der Waals surface area contributed by atoms with Crippen LogP contribution in [0.15, 0.2) is 180 Å². The Morgan fingerprint density at radius 2 is 0.938 bits per heavy atom. The van der Waals surface area contributed by atoms with E-state index in [9.17, 15) is 0 Å². The number of nitrogens with zero attached hydrogens (tertiary/aromatic N) is 1. The Labute approximate surface area is 277 Å². The van der Waals surface area contributed by atoms with E-state index in [4.69, 9.17) is 4.42 Å². The van der Waals surface area contributed by atoms with Crippen LogP contribution in [0, 0.1) is 0 Å². The van der Waals surface area contributed by atoms with Crippen molar-refractivity contribution in [3.63, 3.8) is 0 Å². The molecule has 0 saturated carbocycles. The normalized spacial score (nSPS) is 11.8. The molecule has 0 saturated heterocycles. The average molecular weight is 612 g/mol. The zero-order valence-corrected chi connectivity index (χ0v) is 26.1. The second-order valence-electron chi connectivity index (χ2n) is 12.5. The van der Waals surface area contributed by atoms with Crippen molar-refractivity contribution in [2.24, 2.45) is 0 Å². The Hall–Kier alpha value is -6.38. The maximum absolute atomic E-state index is 6.58. The summed E-state index contributed by atoms with van der Waals surface area (Å²) in [6.07, 6.45) is 0. The van der Waals surface area contributed by atoms with Crippen LogP contribution in [-0.2, 0) is 0 Å². The molecule has 0 N–H and O–H groups in total. The van der Waals surface area contributed by atoms with Crippen LogP contribution in [0.5, 0.6) is 0 Å². The van der Waals surface area contributed by atoms with Gasteiger partial charge in [0.05, 0.1) is 0 Å². The van der Waals surface area contributed by atoms with E-state index in [1.165, 1.54) is 48.8 Å². The molecule has 0 radical (unpaired) electrons. The number of fused-ring (bicyclic) bond motifs is 10. The second-order valence-corrected chi connectivity index (χ2v) is 12.5. The van der Waals surface area contributed by atoms with Crippen molar-refractivity contribution < 1.29 is 4.42 Å². The molecule has 0 bridgehead atoms. The Bertz CT molecular complexity index is 2830. The molecule has 0 atom stereocenters. The SMILES string of the molecule is c1ccc(N(c2ccc(-c3cc4ccc5ccccc5c4c4ccccc34)cc2)c2ccc3c(c2)oc2c4ccccc4ccc32)cc1. The molecular weight excluding hydrogens is 583 g/mol. The van der Waals surface area contributed by atoms with Crippen molar-refractivity contribution in [3.8, 4) is 11.1 Å². The fourth-order valence-electron chi connectivity index (χ4n) is 7.56. The van der Waals surface area contributed by atoms with Gasteiger partial charge in [0, 0.05) is 39.3 Å². The van der Waals surface area contributed by atoms with E-state index in [0.29, 0.717) is 0 Å². The van der Waals surface area contributed by atoms with Gasteiger partial charge in [0.1, 0.15) is 11.2 Å². The predicted molar refractivity (Wildman–Crippen MR) is 204 cm³/mol. The molecule has 0 aliphatic heterocycles. The topological polar surface area (TPSA) is 16.4 Å². The van der Waals surface area contributed by atoms with Crippen LogP contribution in [0.4, 0.5) is 17.1 Å². The third-order valence-electron chi connectivity index (χ3n) is 9.80. The van der Waals surface area contributed by atoms with Gasteiger partial charge in [-0.25, -0.2) is 0 Å². The highest BCUT2D eigenvalue weighted by molar-refractivity contribution is 6.23. The van der Waals surface area contributed by atoms with E-state index in [1.807, 2.05) is 0 Å². The summed E-state index contributed by atoms with van der Waals surface area (Å²) < 4.78 is 6.58. The highest BCUT2D eigenvalue weighted by Crippen LogP contribution is 2.42. The molecule has 48 heavy (non-hydrogen) atoms. The molecule has 224 valence electrons. The highest BCUT2D eigenvalue weighted by Gasteiger charge is 2.17. The van der Waals surface area contributed by atoms with Crippen LogP contribution in [0.3, 0.4) is 0 Å². The van der Waals surface area contributed by atoms with Gasteiger partial charge in [-0.2, -0.15) is 0 Å². The Morgan fingerprint density at radius 3 is 1.75 bits per heavy atom. The van der Waals surface area contributed by atoms with E-state index < -0.39 is 0 Å².